The van der Waals surface area contributed by atoms with E-state index in [1.54, 1.807) is 0 Å². The molecule has 1 aliphatic heterocycles. The van der Waals surface area contributed by atoms with Crippen molar-refractivity contribution in [3.05, 3.63) is 34.9 Å². The lowest BCUT2D eigenvalue weighted by molar-refractivity contribution is 0.0570. The fourth-order valence-electron chi connectivity index (χ4n) is 2.49. The highest BCUT2D eigenvalue weighted by Crippen LogP contribution is 2.25. The van der Waals surface area contributed by atoms with E-state index in [4.69, 9.17) is 16.3 Å². The van der Waals surface area contributed by atoms with Crippen LogP contribution in [0.2, 0.25) is 5.02 Å². The molecule has 1 fully saturated rings. The van der Waals surface area contributed by atoms with E-state index in [1.807, 2.05) is 24.3 Å². The zero-order chi connectivity index (χ0) is 13.9. The van der Waals surface area contributed by atoms with Crippen LogP contribution in [0.1, 0.15) is 12.0 Å². The molecule has 0 radical (unpaired) electrons. The molecule has 19 heavy (non-hydrogen) atoms. The van der Waals surface area contributed by atoms with E-state index < -0.39 is 15.3 Å². The lowest BCUT2D eigenvalue weighted by Gasteiger charge is -2.31. The highest BCUT2D eigenvalue weighted by Gasteiger charge is 2.35. The van der Waals surface area contributed by atoms with Gasteiger partial charge in [-0.1, -0.05) is 23.7 Å². The normalized spacial score (nSPS) is 24.3. The molecule has 0 unspecified atom stereocenters. The smallest absolute Gasteiger partial charge is 0.214 e. The van der Waals surface area contributed by atoms with Crippen LogP contribution < -0.4 is 4.72 Å². The first kappa shape index (κ1) is 14.8. The molecule has 4 nitrogen and oxygen atoms in total. The molecule has 0 saturated carbocycles. The van der Waals surface area contributed by atoms with Crippen LogP contribution >= 0.6 is 11.6 Å². The number of hydrogen-bond donors (Lipinski definition) is 1. The van der Waals surface area contributed by atoms with E-state index in [2.05, 4.69) is 4.72 Å². The highest BCUT2D eigenvalue weighted by atomic mass is 35.5. The van der Waals surface area contributed by atoms with Gasteiger partial charge in [-0.2, -0.15) is 0 Å². The van der Waals surface area contributed by atoms with Crippen LogP contribution in [0, 0.1) is 5.92 Å². The number of rotatable bonds is 4. The first-order chi connectivity index (χ1) is 9.03. The van der Waals surface area contributed by atoms with E-state index in [9.17, 15) is 8.42 Å². The van der Waals surface area contributed by atoms with Gasteiger partial charge in [0, 0.05) is 17.5 Å². The molecule has 106 valence electrons. The van der Waals surface area contributed by atoms with Gasteiger partial charge in [0.25, 0.3) is 0 Å². The highest BCUT2D eigenvalue weighted by molar-refractivity contribution is 7.90. The van der Waals surface area contributed by atoms with Gasteiger partial charge < -0.3 is 4.74 Å². The van der Waals surface area contributed by atoms with E-state index >= 15 is 0 Å². The summed E-state index contributed by atoms with van der Waals surface area (Å²) in [7, 11) is -1.80. The third-order valence-electron chi connectivity index (χ3n) is 3.47. The first-order valence-electron chi connectivity index (χ1n) is 6.27. The van der Waals surface area contributed by atoms with E-state index in [1.165, 1.54) is 7.05 Å². The molecule has 2 rings (SSSR count). The maximum atomic E-state index is 12.0. The Kier molecular flexibility index (Phi) is 4.84. The molecule has 1 saturated heterocycles. The van der Waals surface area contributed by atoms with Gasteiger partial charge in [-0.3, -0.25) is 0 Å². The van der Waals surface area contributed by atoms with Crippen molar-refractivity contribution >= 4 is 21.6 Å². The minimum Gasteiger partial charge on any atom is -0.381 e. The maximum Gasteiger partial charge on any atom is 0.214 e. The topological polar surface area (TPSA) is 55.4 Å². The van der Waals surface area contributed by atoms with Crippen LogP contribution in [0.4, 0.5) is 0 Å². The number of sulfonamides is 1. The average molecular weight is 304 g/mol. The van der Waals surface area contributed by atoms with Gasteiger partial charge in [0.1, 0.15) is 0 Å². The van der Waals surface area contributed by atoms with Crippen molar-refractivity contribution in [2.75, 3.05) is 20.3 Å². The molecule has 0 bridgehead atoms. The molecule has 1 aliphatic rings. The molecule has 1 N–H and O–H groups in total. The molecule has 1 aromatic rings. The standard InChI is InChI=1S/C13H18ClNO3S/c1-15-19(16,17)13-5-6-18-9-11(13)7-10-3-2-4-12(14)8-10/h2-4,8,11,13,15H,5-7,9H2,1H3/t11-,13-/m0/s1. The summed E-state index contributed by atoms with van der Waals surface area (Å²) in [6, 6.07) is 7.52. The Morgan fingerprint density at radius 3 is 2.95 bits per heavy atom. The summed E-state index contributed by atoms with van der Waals surface area (Å²) in [5, 5.41) is 0.271. The van der Waals surface area contributed by atoms with Gasteiger partial charge >= 0.3 is 0 Å². The molecule has 0 aromatic heterocycles. The second kappa shape index (κ2) is 6.22. The first-order valence-corrected chi connectivity index (χ1v) is 8.20. The summed E-state index contributed by atoms with van der Waals surface area (Å²) in [5.41, 5.74) is 1.04. The summed E-state index contributed by atoms with van der Waals surface area (Å²) in [6.45, 7) is 0.968. The molecule has 0 spiro atoms. The van der Waals surface area contributed by atoms with Crippen LogP contribution in [0.25, 0.3) is 0 Å². The van der Waals surface area contributed by atoms with Gasteiger partial charge in [-0.25, -0.2) is 13.1 Å². The fourth-order valence-corrected chi connectivity index (χ4v) is 4.10. The van der Waals surface area contributed by atoms with Crippen LogP contribution in [0.5, 0.6) is 0 Å². The lowest BCUT2D eigenvalue weighted by atomic mass is 9.94. The Bertz CT molecular complexity index is 532. The van der Waals surface area contributed by atoms with E-state index in [0.29, 0.717) is 31.1 Å². The SMILES string of the molecule is CNS(=O)(=O)[C@H]1CCOC[C@@H]1Cc1cccc(Cl)c1. The molecule has 2 atom stereocenters. The number of ether oxygens (including phenoxy) is 1. The van der Waals surface area contributed by atoms with Crippen molar-refractivity contribution in [3.63, 3.8) is 0 Å². The minimum absolute atomic E-state index is 0.0373. The van der Waals surface area contributed by atoms with E-state index in [0.717, 1.165) is 5.56 Å². The summed E-state index contributed by atoms with van der Waals surface area (Å²) >= 11 is 5.95. The molecule has 1 aromatic carbocycles. The second-order valence-electron chi connectivity index (χ2n) is 4.75. The maximum absolute atomic E-state index is 12.0. The van der Waals surface area contributed by atoms with Gasteiger partial charge in [0.05, 0.1) is 11.9 Å². The third kappa shape index (κ3) is 3.69. The largest absolute Gasteiger partial charge is 0.381 e. The quantitative estimate of drug-likeness (QED) is 0.923. The number of nitrogens with one attached hydrogen (secondary N) is 1. The molecule has 6 heteroatoms. The predicted octanol–water partition coefficient (Wildman–Crippen LogP) is 1.84. The Morgan fingerprint density at radius 1 is 1.47 bits per heavy atom. The second-order valence-corrected chi connectivity index (χ2v) is 7.29. The van der Waals surface area contributed by atoms with Crippen molar-refractivity contribution in [1.29, 1.82) is 0 Å². The third-order valence-corrected chi connectivity index (χ3v) is 5.70. The Hall–Kier alpha value is -0.620. The Balaban J connectivity index is 2.17. The Morgan fingerprint density at radius 2 is 2.26 bits per heavy atom. The van der Waals surface area contributed by atoms with Gasteiger partial charge in [0.15, 0.2) is 0 Å². The fraction of sp³-hybridized carbons (Fsp3) is 0.538. The average Bonchev–Trinajstić information content (AvgIpc) is 2.39. The minimum atomic E-state index is -3.26. The number of halogens is 1. The van der Waals surface area contributed by atoms with Crippen LogP contribution in [0.15, 0.2) is 24.3 Å². The molecule has 0 aliphatic carbocycles. The van der Waals surface area contributed by atoms with Crippen LogP contribution in [0.3, 0.4) is 0 Å². The van der Waals surface area contributed by atoms with Crippen molar-refractivity contribution in [2.45, 2.75) is 18.1 Å². The van der Waals surface area contributed by atoms with Gasteiger partial charge in [-0.15, -0.1) is 0 Å². The summed E-state index contributed by atoms with van der Waals surface area (Å²) in [4.78, 5) is 0. The monoisotopic (exact) mass is 303 g/mol. The molecular weight excluding hydrogens is 286 g/mol. The van der Waals surface area contributed by atoms with Crippen molar-refractivity contribution < 1.29 is 13.2 Å². The van der Waals surface area contributed by atoms with Crippen molar-refractivity contribution in [2.24, 2.45) is 5.92 Å². The van der Waals surface area contributed by atoms with Gasteiger partial charge in [0.2, 0.25) is 10.0 Å². The summed E-state index contributed by atoms with van der Waals surface area (Å²) in [6.07, 6.45) is 1.19. The molecule has 0 amide bonds. The van der Waals surface area contributed by atoms with Crippen LogP contribution in [-0.2, 0) is 21.2 Å². The van der Waals surface area contributed by atoms with Crippen LogP contribution in [-0.4, -0.2) is 33.9 Å². The summed E-state index contributed by atoms with van der Waals surface area (Å²) in [5.74, 6) is -0.0373. The molecular formula is C13H18ClNO3S. The van der Waals surface area contributed by atoms with Gasteiger partial charge in [-0.05, 0) is 37.6 Å². The zero-order valence-corrected chi connectivity index (χ0v) is 12.4. The summed E-state index contributed by atoms with van der Waals surface area (Å²) < 4.78 is 31.9. The number of hydrogen-bond acceptors (Lipinski definition) is 3. The zero-order valence-electron chi connectivity index (χ0n) is 10.8. The number of benzene rings is 1. The Labute approximate surface area is 119 Å². The van der Waals surface area contributed by atoms with Crippen molar-refractivity contribution in [3.8, 4) is 0 Å². The van der Waals surface area contributed by atoms with E-state index in [-0.39, 0.29) is 5.92 Å². The van der Waals surface area contributed by atoms with Crippen molar-refractivity contribution in [1.82, 2.24) is 4.72 Å². The predicted molar refractivity (Wildman–Crippen MR) is 75.8 cm³/mol. The lowest BCUT2D eigenvalue weighted by Crippen LogP contribution is -2.43. The molecule has 1 heterocycles.